The van der Waals surface area contributed by atoms with Gasteiger partial charge in [0, 0.05) is 26.2 Å². The molecule has 0 bridgehead atoms. The van der Waals surface area contributed by atoms with Gasteiger partial charge in [-0.2, -0.15) is 5.10 Å². The van der Waals surface area contributed by atoms with Crippen LogP contribution in [0.4, 0.5) is 10.7 Å². The molecule has 7 heteroatoms. The van der Waals surface area contributed by atoms with E-state index in [1.54, 1.807) is 11.1 Å². The Balaban J connectivity index is 1.60. The molecule has 0 unspecified atom stereocenters. The van der Waals surface area contributed by atoms with Gasteiger partial charge in [0.2, 0.25) is 5.95 Å². The molecule has 0 saturated carbocycles. The third kappa shape index (κ3) is 5.51. The highest BCUT2D eigenvalue weighted by Crippen LogP contribution is 2.15. The molecule has 2 aromatic rings. The number of nitrogens with zero attached hydrogens (tertiary/aromatic N) is 5. The summed E-state index contributed by atoms with van der Waals surface area (Å²) in [6, 6.07) is 10.0. The first-order chi connectivity index (χ1) is 12.9. The topological polar surface area (TPSA) is 71.5 Å². The number of ether oxygens (including phenoxy) is 1. The highest BCUT2D eigenvalue weighted by molar-refractivity contribution is 5.69. The van der Waals surface area contributed by atoms with Crippen LogP contribution in [-0.4, -0.2) is 58.0 Å². The zero-order chi connectivity index (χ0) is 19.3. The van der Waals surface area contributed by atoms with Crippen LogP contribution in [0.3, 0.4) is 0 Å². The summed E-state index contributed by atoms with van der Waals surface area (Å²) in [4.78, 5) is 20.5. The molecule has 7 nitrogen and oxygen atoms in total. The highest BCUT2D eigenvalue weighted by Gasteiger charge is 2.26. The second kappa shape index (κ2) is 8.16. The van der Waals surface area contributed by atoms with Crippen LogP contribution in [-0.2, 0) is 4.74 Å². The summed E-state index contributed by atoms with van der Waals surface area (Å²) in [7, 11) is 0. The van der Waals surface area contributed by atoms with E-state index in [0.717, 1.165) is 11.3 Å². The Morgan fingerprint density at radius 3 is 2.44 bits per heavy atom. The van der Waals surface area contributed by atoms with Crippen LogP contribution in [0.1, 0.15) is 32.0 Å². The maximum absolute atomic E-state index is 12.2. The SMILES string of the molecule is CC(C)(C)OC(=O)N1CCN(c2nncc(/C=C/c3ccccc3)n2)CC1. The Kier molecular flexibility index (Phi) is 5.69. The summed E-state index contributed by atoms with van der Waals surface area (Å²) in [6.45, 7) is 8.05. The second-order valence-corrected chi connectivity index (χ2v) is 7.38. The van der Waals surface area contributed by atoms with Gasteiger partial charge in [-0.05, 0) is 32.4 Å². The lowest BCUT2D eigenvalue weighted by atomic mass is 10.2. The number of piperazine rings is 1. The molecule has 1 aromatic carbocycles. The van der Waals surface area contributed by atoms with E-state index in [9.17, 15) is 4.79 Å². The summed E-state index contributed by atoms with van der Waals surface area (Å²) in [5, 5.41) is 8.21. The van der Waals surface area contributed by atoms with E-state index in [0.29, 0.717) is 32.1 Å². The van der Waals surface area contributed by atoms with Gasteiger partial charge in [0.1, 0.15) is 5.60 Å². The van der Waals surface area contributed by atoms with E-state index in [2.05, 4.69) is 15.2 Å². The fourth-order valence-electron chi connectivity index (χ4n) is 2.68. The van der Waals surface area contributed by atoms with Crippen LogP contribution in [0.2, 0.25) is 0 Å². The molecule has 1 aliphatic heterocycles. The lowest BCUT2D eigenvalue weighted by Gasteiger charge is -2.35. The molecule has 0 spiro atoms. The quantitative estimate of drug-likeness (QED) is 0.830. The van der Waals surface area contributed by atoms with Crippen molar-refractivity contribution in [1.82, 2.24) is 20.1 Å². The van der Waals surface area contributed by atoms with Crippen LogP contribution >= 0.6 is 0 Å². The lowest BCUT2D eigenvalue weighted by molar-refractivity contribution is 0.0240. The van der Waals surface area contributed by atoms with E-state index < -0.39 is 5.60 Å². The van der Waals surface area contributed by atoms with Crippen molar-refractivity contribution in [1.29, 1.82) is 0 Å². The average molecular weight is 367 g/mol. The number of anilines is 1. The van der Waals surface area contributed by atoms with Gasteiger partial charge in [0.05, 0.1) is 11.9 Å². The summed E-state index contributed by atoms with van der Waals surface area (Å²) in [6.07, 6.45) is 5.28. The van der Waals surface area contributed by atoms with Crippen LogP contribution in [0.15, 0.2) is 36.5 Å². The molecule has 0 aliphatic carbocycles. The monoisotopic (exact) mass is 367 g/mol. The molecule has 27 heavy (non-hydrogen) atoms. The van der Waals surface area contributed by atoms with Gasteiger partial charge in [0.25, 0.3) is 0 Å². The van der Waals surface area contributed by atoms with Crippen LogP contribution in [0, 0.1) is 0 Å². The van der Waals surface area contributed by atoms with Crippen molar-refractivity contribution in [2.75, 3.05) is 31.1 Å². The van der Waals surface area contributed by atoms with Gasteiger partial charge >= 0.3 is 6.09 Å². The molecule has 1 fully saturated rings. The van der Waals surface area contributed by atoms with Gasteiger partial charge in [-0.3, -0.25) is 0 Å². The maximum atomic E-state index is 12.2. The minimum atomic E-state index is -0.485. The van der Waals surface area contributed by atoms with Gasteiger partial charge in [-0.1, -0.05) is 36.4 Å². The molecule has 1 amide bonds. The zero-order valence-corrected chi connectivity index (χ0v) is 16.0. The summed E-state index contributed by atoms with van der Waals surface area (Å²) in [5.41, 5.74) is 1.36. The number of benzene rings is 1. The van der Waals surface area contributed by atoms with Gasteiger partial charge in [0.15, 0.2) is 0 Å². The largest absolute Gasteiger partial charge is 0.444 e. The Bertz CT molecular complexity index is 794. The minimum Gasteiger partial charge on any atom is -0.444 e. The van der Waals surface area contributed by atoms with Crippen molar-refractivity contribution in [3.63, 3.8) is 0 Å². The molecular weight excluding hydrogens is 342 g/mol. The molecule has 2 heterocycles. The third-order valence-electron chi connectivity index (χ3n) is 4.03. The van der Waals surface area contributed by atoms with E-state index in [1.807, 2.05) is 68.2 Å². The van der Waals surface area contributed by atoms with Crippen molar-refractivity contribution in [3.8, 4) is 0 Å². The molecule has 142 valence electrons. The number of hydrogen-bond donors (Lipinski definition) is 0. The summed E-state index contributed by atoms with van der Waals surface area (Å²) in [5.74, 6) is 0.578. The molecule has 0 N–H and O–H groups in total. The van der Waals surface area contributed by atoms with Crippen LogP contribution in [0.5, 0.6) is 0 Å². The first kappa shape index (κ1) is 18.8. The third-order valence-corrected chi connectivity index (χ3v) is 4.03. The van der Waals surface area contributed by atoms with Gasteiger partial charge in [-0.15, -0.1) is 5.10 Å². The minimum absolute atomic E-state index is 0.277. The second-order valence-electron chi connectivity index (χ2n) is 7.38. The molecule has 1 saturated heterocycles. The Morgan fingerprint density at radius 1 is 1.07 bits per heavy atom. The van der Waals surface area contributed by atoms with Crippen LogP contribution in [0.25, 0.3) is 12.2 Å². The van der Waals surface area contributed by atoms with Crippen molar-refractivity contribution >= 4 is 24.2 Å². The Morgan fingerprint density at radius 2 is 1.78 bits per heavy atom. The molecular formula is C20H25N5O2. The molecule has 0 radical (unpaired) electrons. The number of rotatable bonds is 3. The maximum Gasteiger partial charge on any atom is 0.410 e. The average Bonchev–Trinajstić information content (AvgIpc) is 2.66. The number of carbonyl (C=O) groups is 1. The van der Waals surface area contributed by atoms with Gasteiger partial charge in [-0.25, -0.2) is 9.78 Å². The predicted molar refractivity (Wildman–Crippen MR) is 105 cm³/mol. The van der Waals surface area contributed by atoms with Crippen LogP contribution < -0.4 is 4.90 Å². The normalized spacial score (nSPS) is 15.2. The number of amides is 1. The standard InChI is InChI=1S/C20H25N5O2/c1-20(2,3)27-19(26)25-13-11-24(12-14-25)18-22-17(15-21-23-18)10-9-16-7-5-4-6-8-16/h4-10,15H,11-14H2,1-3H3/b10-9+. The first-order valence-corrected chi connectivity index (χ1v) is 9.06. The van der Waals surface area contributed by atoms with Gasteiger partial charge < -0.3 is 14.5 Å². The van der Waals surface area contributed by atoms with Crippen molar-refractivity contribution < 1.29 is 9.53 Å². The molecule has 3 rings (SSSR count). The number of hydrogen-bond acceptors (Lipinski definition) is 6. The van der Waals surface area contributed by atoms with Crippen molar-refractivity contribution in [2.24, 2.45) is 0 Å². The van der Waals surface area contributed by atoms with E-state index in [1.165, 1.54) is 0 Å². The Hall–Kier alpha value is -2.96. The Labute approximate surface area is 159 Å². The number of carbonyl (C=O) groups excluding carboxylic acids is 1. The highest BCUT2D eigenvalue weighted by atomic mass is 16.6. The van der Waals surface area contributed by atoms with E-state index >= 15 is 0 Å². The fourth-order valence-corrected chi connectivity index (χ4v) is 2.68. The first-order valence-electron chi connectivity index (χ1n) is 9.06. The molecule has 0 atom stereocenters. The van der Waals surface area contributed by atoms with E-state index in [-0.39, 0.29) is 6.09 Å². The summed E-state index contributed by atoms with van der Waals surface area (Å²) < 4.78 is 5.43. The molecule has 1 aromatic heterocycles. The zero-order valence-electron chi connectivity index (χ0n) is 16.0. The number of aromatic nitrogens is 3. The van der Waals surface area contributed by atoms with Crippen molar-refractivity contribution in [3.05, 3.63) is 47.8 Å². The fraction of sp³-hybridized carbons (Fsp3) is 0.400. The van der Waals surface area contributed by atoms with Crippen molar-refractivity contribution in [2.45, 2.75) is 26.4 Å². The smallest absolute Gasteiger partial charge is 0.410 e. The summed E-state index contributed by atoms with van der Waals surface area (Å²) >= 11 is 0. The molecule has 1 aliphatic rings. The van der Waals surface area contributed by atoms with E-state index in [4.69, 9.17) is 4.74 Å². The lowest BCUT2D eigenvalue weighted by Crippen LogP contribution is -2.50. The predicted octanol–water partition coefficient (Wildman–Crippen LogP) is 3.10.